The normalized spacial score (nSPS) is 17.3. The molecule has 1 atom stereocenters. The van der Waals surface area contributed by atoms with Crippen molar-refractivity contribution in [3.8, 4) is 5.69 Å². The summed E-state index contributed by atoms with van der Waals surface area (Å²) in [6.07, 6.45) is 5.78. The van der Waals surface area contributed by atoms with Crippen LogP contribution in [0.2, 0.25) is 5.02 Å². The first-order chi connectivity index (χ1) is 15.7. The lowest BCUT2D eigenvalue weighted by molar-refractivity contribution is 0.196. The predicted molar refractivity (Wildman–Crippen MR) is 124 cm³/mol. The molecule has 0 radical (unpaired) electrons. The van der Waals surface area contributed by atoms with Crippen LogP contribution in [-0.2, 0) is 6.54 Å². The number of hydrogen-bond donors (Lipinski definition) is 0. The van der Waals surface area contributed by atoms with Crippen molar-refractivity contribution in [2.24, 2.45) is 0 Å². The number of piperidine rings is 1. The average molecular weight is 444 g/mol. The summed E-state index contributed by atoms with van der Waals surface area (Å²) in [5.74, 6) is 1.17. The molecule has 3 aromatic heterocycles. The van der Waals surface area contributed by atoms with Gasteiger partial charge in [0.15, 0.2) is 17.1 Å². The molecular weight excluding hydrogens is 422 g/mol. The standard InChI is InChI=1S/C24H22ClN7/c25-19-8-4-6-17(12-19)14-30-11-5-7-18(15-30)22-28-24-21-13-27-32(20-9-2-1-3-10-20)23(21)26-16-31(24)29-22/h1-4,6,8-10,12-13,16,18H,5,7,11,14-15H2/t18-/m1/s1. The van der Waals surface area contributed by atoms with E-state index in [1.54, 1.807) is 10.8 Å². The number of para-hydroxylation sites is 1. The lowest BCUT2D eigenvalue weighted by Gasteiger charge is -2.31. The Kier molecular flexibility index (Phi) is 4.85. The Bertz CT molecular complexity index is 1390. The smallest absolute Gasteiger partial charge is 0.170 e. The van der Waals surface area contributed by atoms with Crippen molar-refractivity contribution < 1.29 is 0 Å². The molecule has 4 heterocycles. The quantitative estimate of drug-likeness (QED) is 0.409. The average Bonchev–Trinajstić information content (AvgIpc) is 3.44. The van der Waals surface area contributed by atoms with Crippen LogP contribution in [0.25, 0.3) is 22.4 Å². The van der Waals surface area contributed by atoms with Crippen LogP contribution in [0, 0.1) is 0 Å². The summed E-state index contributed by atoms with van der Waals surface area (Å²) in [6.45, 7) is 2.90. The number of hydrogen-bond acceptors (Lipinski definition) is 5. The highest BCUT2D eigenvalue weighted by Gasteiger charge is 2.25. The van der Waals surface area contributed by atoms with Crippen LogP contribution in [0.15, 0.2) is 67.1 Å². The molecule has 160 valence electrons. The van der Waals surface area contributed by atoms with E-state index >= 15 is 0 Å². The molecule has 0 spiro atoms. The maximum absolute atomic E-state index is 6.17. The van der Waals surface area contributed by atoms with E-state index in [2.05, 4.69) is 21.0 Å². The summed E-state index contributed by atoms with van der Waals surface area (Å²) in [7, 11) is 0. The Balaban J connectivity index is 1.30. The molecule has 0 saturated carbocycles. The maximum atomic E-state index is 6.17. The highest BCUT2D eigenvalue weighted by molar-refractivity contribution is 6.30. The molecule has 1 aliphatic rings. The Morgan fingerprint density at radius 2 is 1.94 bits per heavy atom. The minimum absolute atomic E-state index is 0.294. The molecule has 5 aromatic rings. The lowest BCUT2D eigenvalue weighted by atomic mass is 9.97. The predicted octanol–water partition coefficient (Wildman–Crippen LogP) is 4.50. The second kappa shape index (κ2) is 8.00. The largest absolute Gasteiger partial charge is 0.298 e. The van der Waals surface area contributed by atoms with Crippen LogP contribution in [0.4, 0.5) is 0 Å². The van der Waals surface area contributed by atoms with Gasteiger partial charge in [-0.05, 0) is 49.2 Å². The van der Waals surface area contributed by atoms with Gasteiger partial charge >= 0.3 is 0 Å². The van der Waals surface area contributed by atoms with E-state index in [9.17, 15) is 0 Å². The third-order valence-corrected chi connectivity index (χ3v) is 6.32. The molecule has 6 rings (SSSR count). The fraction of sp³-hybridized carbons (Fsp3) is 0.250. The van der Waals surface area contributed by atoms with Gasteiger partial charge in [0.25, 0.3) is 0 Å². The third-order valence-electron chi connectivity index (χ3n) is 6.09. The van der Waals surface area contributed by atoms with E-state index in [4.69, 9.17) is 21.7 Å². The summed E-state index contributed by atoms with van der Waals surface area (Å²) in [4.78, 5) is 12.0. The second-order valence-corrected chi connectivity index (χ2v) is 8.75. The summed E-state index contributed by atoms with van der Waals surface area (Å²) < 4.78 is 3.63. The van der Waals surface area contributed by atoms with E-state index in [1.807, 2.05) is 59.4 Å². The molecule has 1 aliphatic heterocycles. The van der Waals surface area contributed by atoms with Crippen molar-refractivity contribution in [2.45, 2.75) is 25.3 Å². The number of aromatic nitrogens is 6. The maximum Gasteiger partial charge on any atom is 0.170 e. The minimum Gasteiger partial charge on any atom is -0.298 e. The summed E-state index contributed by atoms with van der Waals surface area (Å²) in [5, 5.41) is 11.0. The molecule has 2 aromatic carbocycles. The zero-order valence-electron chi connectivity index (χ0n) is 17.5. The van der Waals surface area contributed by atoms with Crippen LogP contribution in [0.5, 0.6) is 0 Å². The highest BCUT2D eigenvalue weighted by atomic mass is 35.5. The molecule has 0 bridgehead atoms. The van der Waals surface area contributed by atoms with Crippen molar-refractivity contribution in [1.29, 1.82) is 0 Å². The van der Waals surface area contributed by atoms with Gasteiger partial charge in [0.1, 0.15) is 6.33 Å². The van der Waals surface area contributed by atoms with Crippen LogP contribution < -0.4 is 0 Å². The van der Waals surface area contributed by atoms with E-state index in [0.717, 1.165) is 65.7 Å². The van der Waals surface area contributed by atoms with Crippen LogP contribution in [0.1, 0.15) is 30.1 Å². The Morgan fingerprint density at radius 1 is 1.03 bits per heavy atom. The van der Waals surface area contributed by atoms with Gasteiger partial charge in [0, 0.05) is 24.0 Å². The number of halogens is 1. The van der Waals surface area contributed by atoms with Gasteiger partial charge < -0.3 is 0 Å². The molecule has 8 heteroatoms. The number of rotatable bonds is 4. The lowest BCUT2D eigenvalue weighted by Crippen LogP contribution is -2.34. The fourth-order valence-electron chi connectivity index (χ4n) is 4.57. The van der Waals surface area contributed by atoms with Gasteiger partial charge in [0.2, 0.25) is 0 Å². The number of benzene rings is 2. The van der Waals surface area contributed by atoms with E-state index in [-0.39, 0.29) is 0 Å². The van der Waals surface area contributed by atoms with E-state index in [0.29, 0.717) is 5.92 Å². The molecule has 0 aliphatic carbocycles. The summed E-state index contributed by atoms with van der Waals surface area (Å²) in [6, 6.07) is 18.1. The molecule has 0 N–H and O–H groups in total. The minimum atomic E-state index is 0.294. The first kappa shape index (κ1) is 19.4. The van der Waals surface area contributed by atoms with Gasteiger partial charge in [-0.15, -0.1) is 5.10 Å². The second-order valence-electron chi connectivity index (χ2n) is 8.32. The zero-order valence-corrected chi connectivity index (χ0v) is 18.2. The molecule has 0 amide bonds. The van der Waals surface area contributed by atoms with Gasteiger partial charge in [-0.25, -0.2) is 19.2 Å². The number of fused-ring (bicyclic) bond motifs is 3. The Labute approximate surface area is 190 Å². The van der Waals surface area contributed by atoms with Crippen molar-refractivity contribution in [3.63, 3.8) is 0 Å². The monoisotopic (exact) mass is 443 g/mol. The summed E-state index contributed by atoms with van der Waals surface area (Å²) in [5.41, 5.74) is 3.80. The van der Waals surface area contributed by atoms with Crippen molar-refractivity contribution >= 4 is 28.3 Å². The van der Waals surface area contributed by atoms with Crippen LogP contribution in [-0.4, -0.2) is 47.4 Å². The van der Waals surface area contributed by atoms with Gasteiger partial charge in [-0.3, -0.25) is 4.90 Å². The van der Waals surface area contributed by atoms with Crippen LogP contribution in [0.3, 0.4) is 0 Å². The van der Waals surface area contributed by atoms with Crippen molar-refractivity contribution in [1.82, 2.24) is 34.3 Å². The molecular formula is C24H22ClN7. The molecule has 1 fully saturated rings. The topological polar surface area (TPSA) is 64.1 Å². The molecule has 0 unspecified atom stereocenters. The van der Waals surface area contributed by atoms with E-state index in [1.165, 1.54) is 5.56 Å². The van der Waals surface area contributed by atoms with Crippen molar-refractivity contribution in [3.05, 3.63) is 83.5 Å². The SMILES string of the molecule is Clc1cccc(CN2CCC[C@@H](c3nc4c5cnn(-c6ccccc6)c5ncn4n3)C2)c1. The van der Waals surface area contributed by atoms with Gasteiger partial charge in [0.05, 0.1) is 17.3 Å². The molecule has 1 saturated heterocycles. The zero-order chi connectivity index (χ0) is 21.5. The van der Waals surface area contributed by atoms with Gasteiger partial charge in [-0.1, -0.05) is 41.9 Å². The van der Waals surface area contributed by atoms with Crippen molar-refractivity contribution in [2.75, 3.05) is 13.1 Å². The molecule has 32 heavy (non-hydrogen) atoms. The molecule has 7 nitrogen and oxygen atoms in total. The first-order valence-electron chi connectivity index (χ1n) is 10.9. The number of likely N-dealkylation sites (tertiary alicyclic amines) is 1. The Hall–Kier alpha value is -3.29. The number of nitrogens with zero attached hydrogens (tertiary/aromatic N) is 7. The third kappa shape index (κ3) is 3.53. The highest BCUT2D eigenvalue weighted by Crippen LogP contribution is 2.28. The van der Waals surface area contributed by atoms with E-state index < -0.39 is 0 Å². The first-order valence-corrected chi connectivity index (χ1v) is 11.2. The Morgan fingerprint density at radius 3 is 2.81 bits per heavy atom. The van der Waals surface area contributed by atoms with Gasteiger partial charge in [-0.2, -0.15) is 5.10 Å². The van der Waals surface area contributed by atoms with Crippen LogP contribution >= 0.6 is 11.6 Å². The summed E-state index contributed by atoms with van der Waals surface area (Å²) >= 11 is 6.17. The fourth-order valence-corrected chi connectivity index (χ4v) is 4.78.